The minimum Gasteiger partial charge on any atom is -0.462 e. The maximum Gasteiger partial charge on any atom is 0.306 e. The van der Waals surface area contributed by atoms with Gasteiger partial charge in [-0.05, 0) is 38.5 Å². The molecule has 0 aromatic rings. The molecule has 2 heterocycles. The van der Waals surface area contributed by atoms with Crippen LogP contribution in [0.15, 0.2) is 12.2 Å². The first-order valence-electron chi connectivity index (χ1n) is 27.3. The zero-order valence-electron chi connectivity index (χ0n) is 42.4. The zero-order valence-corrected chi connectivity index (χ0v) is 42.4. The highest BCUT2D eigenvalue weighted by molar-refractivity contribution is 5.70. The van der Waals surface area contributed by atoms with Crippen LogP contribution in [0.3, 0.4) is 0 Å². The number of esters is 2. The van der Waals surface area contributed by atoms with Crippen molar-refractivity contribution in [3.05, 3.63) is 12.2 Å². The number of carbonyl (C=O) groups is 2. The summed E-state index contributed by atoms with van der Waals surface area (Å²) in [5, 5.41) is 72.1. The predicted octanol–water partition coefficient (Wildman–Crippen LogP) is 8.16. The molecule has 15 heteroatoms. The summed E-state index contributed by atoms with van der Waals surface area (Å²) in [6.07, 6.45) is 23.8. The van der Waals surface area contributed by atoms with E-state index in [1.165, 1.54) is 122 Å². The van der Waals surface area contributed by atoms with Gasteiger partial charge in [0.2, 0.25) is 0 Å². The van der Waals surface area contributed by atoms with Gasteiger partial charge in [-0.1, -0.05) is 180 Å². The molecule has 0 amide bonds. The highest BCUT2D eigenvalue weighted by Crippen LogP contribution is 2.27. The van der Waals surface area contributed by atoms with Crippen LogP contribution >= 0.6 is 0 Å². The Labute approximate surface area is 410 Å². The van der Waals surface area contributed by atoms with Crippen molar-refractivity contribution in [1.82, 2.24) is 0 Å². The SMILES string of the molecule is CCCCCCC/C=C\CCCCCCCC(=O)OC(COC(=O)CCCCCCCCCCCCCCCCCCCC)COC1OC(COC2OC(CO)C(O)C(O)C2O)C(O)C(O)C1O. The van der Waals surface area contributed by atoms with Crippen molar-refractivity contribution in [1.29, 1.82) is 0 Å². The molecule has 2 fully saturated rings. The number of aliphatic hydroxyl groups is 7. The normalized spacial score (nSPS) is 25.8. The summed E-state index contributed by atoms with van der Waals surface area (Å²) in [7, 11) is 0. The number of hydrogen-bond donors (Lipinski definition) is 7. The number of ether oxygens (including phenoxy) is 6. The van der Waals surface area contributed by atoms with Gasteiger partial charge in [0.1, 0.15) is 55.4 Å². The molecule has 2 aliphatic rings. The third-order valence-corrected chi connectivity index (χ3v) is 13.2. The minimum absolute atomic E-state index is 0.159. The Hall–Kier alpha value is -1.76. The van der Waals surface area contributed by atoms with Crippen molar-refractivity contribution in [3.8, 4) is 0 Å². The van der Waals surface area contributed by atoms with Crippen LogP contribution in [0.2, 0.25) is 0 Å². The molecule has 0 aromatic carbocycles. The van der Waals surface area contributed by atoms with Crippen molar-refractivity contribution in [2.45, 2.75) is 287 Å². The largest absolute Gasteiger partial charge is 0.462 e. The first kappa shape index (κ1) is 62.4. The smallest absolute Gasteiger partial charge is 0.306 e. The first-order chi connectivity index (χ1) is 33.0. The van der Waals surface area contributed by atoms with Gasteiger partial charge >= 0.3 is 11.9 Å². The fraction of sp³-hybridized carbons (Fsp3) is 0.925. The lowest BCUT2D eigenvalue weighted by atomic mass is 9.98. The Morgan fingerprint density at radius 1 is 0.456 bits per heavy atom. The summed E-state index contributed by atoms with van der Waals surface area (Å²) < 4.78 is 33.6. The van der Waals surface area contributed by atoms with Crippen LogP contribution in [-0.2, 0) is 38.0 Å². The van der Waals surface area contributed by atoms with Gasteiger partial charge in [-0.25, -0.2) is 0 Å². The van der Waals surface area contributed by atoms with Crippen molar-refractivity contribution in [2.75, 3.05) is 26.4 Å². The van der Waals surface area contributed by atoms with Gasteiger partial charge in [-0.15, -0.1) is 0 Å². The molecular formula is C53H98O15. The number of hydrogen-bond acceptors (Lipinski definition) is 15. The number of aliphatic hydroxyl groups excluding tert-OH is 7. The van der Waals surface area contributed by atoms with E-state index in [-0.39, 0.29) is 26.1 Å². The summed E-state index contributed by atoms with van der Waals surface area (Å²) in [6.45, 7) is 2.61. The van der Waals surface area contributed by atoms with Crippen molar-refractivity contribution in [3.63, 3.8) is 0 Å². The van der Waals surface area contributed by atoms with Crippen LogP contribution < -0.4 is 0 Å². The van der Waals surface area contributed by atoms with Gasteiger partial charge < -0.3 is 64.2 Å². The van der Waals surface area contributed by atoms with E-state index in [4.69, 9.17) is 28.4 Å². The molecule has 7 N–H and O–H groups in total. The van der Waals surface area contributed by atoms with Crippen LogP contribution in [0.1, 0.15) is 219 Å². The van der Waals surface area contributed by atoms with Gasteiger partial charge in [0.15, 0.2) is 18.7 Å². The molecule has 0 saturated carbocycles. The van der Waals surface area contributed by atoms with Gasteiger partial charge in [0.25, 0.3) is 0 Å². The molecule has 0 radical (unpaired) electrons. The molecule has 2 saturated heterocycles. The third-order valence-electron chi connectivity index (χ3n) is 13.2. The lowest BCUT2D eigenvalue weighted by molar-refractivity contribution is -0.332. The van der Waals surface area contributed by atoms with E-state index in [9.17, 15) is 45.3 Å². The van der Waals surface area contributed by atoms with E-state index in [2.05, 4.69) is 26.0 Å². The van der Waals surface area contributed by atoms with Crippen LogP contribution in [0.4, 0.5) is 0 Å². The number of allylic oxidation sites excluding steroid dienone is 2. The Balaban J connectivity index is 1.77. The fourth-order valence-electron chi connectivity index (χ4n) is 8.74. The topological polar surface area (TPSA) is 231 Å². The molecule has 11 atom stereocenters. The third kappa shape index (κ3) is 28.3. The predicted molar refractivity (Wildman–Crippen MR) is 261 cm³/mol. The van der Waals surface area contributed by atoms with E-state index < -0.39 is 92.7 Å². The van der Waals surface area contributed by atoms with Gasteiger partial charge in [-0.2, -0.15) is 0 Å². The van der Waals surface area contributed by atoms with Crippen molar-refractivity contribution in [2.24, 2.45) is 0 Å². The Kier molecular flexibility index (Phi) is 37.4. The Morgan fingerprint density at radius 3 is 1.29 bits per heavy atom. The summed E-state index contributed by atoms with van der Waals surface area (Å²) in [5.74, 6) is -0.923. The molecule has 11 unspecified atom stereocenters. The summed E-state index contributed by atoms with van der Waals surface area (Å²) in [6, 6.07) is 0. The summed E-state index contributed by atoms with van der Waals surface area (Å²) in [5.41, 5.74) is 0. The molecule has 0 spiro atoms. The van der Waals surface area contributed by atoms with Crippen LogP contribution in [0.25, 0.3) is 0 Å². The minimum atomic E-state index is -1.76. The second kappa shape index (κ2) is 40.8. The second-order valence-corrected chi connectivity index (χ2v) is 19.4. The van der Waals surface area contributed by atoms with E-state index >= 15 is 0 Å². The van der Waals surface area contributed by atoms with Crippen LogP contribution in [0, 0.1) is 0 Å². The molecule has 400 valence electrons. The zero-order chi connectivity index (χ0) is 49.6. The van der Waals surface area contributed by atoms with Gasteiger partial charge in [0.05, 0.1) is 19.8 Å². The number of carbonyl (C=O) groups excluding carboxylic acids is 2. The maximum atomic E-state index is 13.0. The Morgan fingerprint density at radius 2 is 0.838 bits per heavy atom. The highest BCUT2D eigenvalue weighted by atomic mass is 16.7. The summed E-state index contributed by atoms with van der Waals surface area (Å²) in [4.78, 5) is 25.8. The second-order valence-electron chi connectivity index (χ2n) is 19.4. The molecule has 0 aliphatic carbocycles. The molecule has 2 rings (SSSR count). The van der Waals surface area contributed by atoms with Crippen molar-refractivity contribution >= 4 is 11.9 Å². The lowest BCUT2D eigenvalue weighted by Crippen LogP contribution is -2.61. The Bertz CT molecular complexity index is 1240. The molecule has 68 heavy (non-hydrogen) atoms. The molecule has 15 nitrogen and oxygen atoms in total. The van der Waals surface area contributed by atoms with Crippen LogP contribution in [-0.4, -0.2) is 142 Å². The average Bonchev–Trinajstić information content (AvgIpc) is 3.33. The maximum absolute atomic E-state index is 13.0. The first-order valence-corrected chi connectivity index (χ1v) is 27.3. The van der Waals surface area contributed by atoms with E-state index in [1.807, 2.05) is 0 Å². The molecular weight excluding hydrogens is 877 g/mol. The standard InChI is InChI=1S/C53H98O15/c1-3-5-7-9-11-13-15-17-19-20-21-22-24-25-27-29-31-33-35-44(55)63-38-41(66-45(56)36-34-32-30-28-26-23-18-16-14-12-10-8-6-4-2)39-64-52-51(62)49(60)47(58)43(68-52)40-65-53-50(61)48(59)46(57)42(37-54)67-53/h16,18,41-43,46-54,57-62H,3-15,17,19-40H2,1-2H3/b18-16-. The number of unbranched alkanes of at least 4 members (excludes halogenated alkanes) is 27. The van der Waals surface area contributed by atoms with Gasteiger partial charge in [0, 0.05) is 12.8 Å². The monoisotopic (exact) mass is 975 g/mol. The van der Waals surface area contributed by atoms with Crippen LogP contribution in [0.5, 0.6) is 0 Å². The van der Waals surface area contributed by atoms with E-state index in [0.29, 0.717) is 12.8 Å². The number of rotatable bonds is 43. The molecule has 0 bridgehead atoms. The van der Waals surface area contributed by atoms with Gasteiger partial charge in [-0.3, -0.25) is 9.59 Å². The van der Waals surface area contributed by atoms with E-state index in [0.717, 1.165) is 57.8 Å². The van der Waals surface area contributed by atoms with E-state index in [1.54, 1.807) is 0 Å². The molecule has 0 aromatic heterocycles. The molecule has 2 aliphatic heterocycles. The summed E-state index contributed by atoms with van der Waals surface area (Å²) >= 11 is 0. The fourth-order valence-corrected chi connectivity index (χ4v) is 8.74. The lowest BCUT2D eigenvalue weighted by Gasteiger charge is -2.42. The highest BCUT2D eigenvalue weighted by Gasteiger charge is 2.47. The van der Waals surface area contributed by atoms with Crippen molar-refractivity contribution < 1.29 is 73.8 Å². The average molecular weight is 975 g/mol. The quantitative estimate of drug-likeness (QED) is 0.0174.